The number of hydrogen-bond acceptors (Lipinski definition) is 6. The predicted octanol–water partition coefficient (Wildman–Crippen LogP) is 0.717. The Morgan fingerprint density at radius 3 is 2.75 bits per heavy atom. The highest BCUT2D eigenvalue weighted by Gasteiger charge is 2.55. The molecule has 1 saturated carbocycles. The van der Waals surface area contributed by atoms with E-state index < -0.39 is 17.5 Å². The van der Waals surface area contributed by atoms with Crippen LogP contribution in [0.25, 0.3) is 0 Å². The fourth-order valence-electron chi connectivity index (χ4n) is 5.62. The monoisotopic (exact) mass is 493 g/mol. The van der Waals surface area contributed by atoms with Crippen LogP contribution in [0.4, 0.5) is 4.79 Å². The number of nitrogens with two attached hydrogens (primary N) is 1. The highest BCUT2D eigenvalue weighted by Crippen LogP contribution is 2.41. The number of imide groups is 1. The van der Waals surface area contributed by atoms with Crippen LogP contribution in [0, 0.1) is 5.92 Å². The molecule has 1 unspecified atom stereocenters. The molecule has 2 heterocycles. The molecule has 2 aromatic rings. The Kier molecular flexibility index (Phi) is 6.23. The maximum Gasteiger partial charge on any atom is 0.325 e. The van der Waals surface area contributed by atoms with Crippen LogP contribution >= 0.6 is 0 Å². The zero-order chi connectivity index (χ0) is 25.4. The molecule has 5 rings (SSSR count). The normalized spacial score (nSPS) is 21.9. The summed E-state index contributed by atoms with van der Waals surface area (Å²) >= 11 is 0. The van der Waals surface area contributed by atoms with Crippen molar-refractivity contribution >= 4 is 23.8 Å². The molecule has 11 nitrogen and oxygen atoms in total. The van der Waals surface area contributed by atoms with Crippen LogP contribution in [0.5, 0.6) is 0 Å². The second-order valence-corrected chi connectivity index (χ2v) is 10.0. The minimum atomic E-state index is -1.09. The molecular weight excluding hydrogens is 462 g/mol. The summed E-state index contributed by atoms with van der Waals surface area (Å²) in [5.41, 5.74) is 6.62. The highest BCUT2D eigenvalue weighted by molar-refractivity contribution is 6.10. The van der Waals surface area contributed by atoms with Crippen LogP contribution in [-0.2, 0) is 39.3 Å². The average molecular weight is 494 g/mol. The molecule has 11 heteroatoms. The minimum absolute atomic E-state index is 0.0335. The second-order valence-electron chi connectivity index (χ2n) is 10.0. The lowest BCUT2D eigenvalue weighted by atomic mass is 9.79. The molecule has 2 aliphatic carbocycles. The molecule has 1 spiro atoms. The van der Waals surface area contributed by atoms with Gasteiger partial charge in [0.15, 0.2) is 0 Å². The lowest BCUT2D eigenvalue weighted by Gasteiger charge is -2.39. The molecule has 1 aromatic carbocycles. The van der Waals surface area contributed by atoms with Gasteiger partial charge < -0.3 is 16.0 Å². The first-order valence-corrected chi connectivity index (χ1v) is 12.5. The second kappa shape index (κ2) is 9.36. The number of rotatable bonds is 9. The fraction of sp³-hybridized carbons (Fsp3) is 0.520. The number of hydrogen-bond donors (Lipinski definition) is 2. The Morgan fingerprint density at radius 2 is 2.03 bits per heavy atom. The van der Waals surface area contributed by atoms with E-state index in [0.29, 0.717) is 37.4 Å². The van der Waals surface area contributed by atoms with Gasteiger partial charge in [0.1, 0.15) is 18.6 Å². The maximum absolute atomic E-state index is 13.5. The van der Waals surface area contributed by atoms with E-state index in [1.54, 1.807) is 11.1 Å². The number of carbonyl (C=O) groups excluding carboxylic acids is 4. The predicted molar refractivity (Wildman–Crippen MR) is 128 cm³/mol. The summed E-state index contributed by atoms with van der Waals surface area (Å²) in [5, 5.41) is 10.9. The van der Waals surface area contributed by atoms with Gasteiger partial charge in [0.05, 0.1) is 5.69 Å². The smallest absolute Gasteiger partial charge is 0.325 e. The molecule has 0 bridgehead atoms. The standard InChI is InChI=1S/C25H31N7O4/c1-16(17-6-4-7-17)31(12-10-19-13-30(29-28-19)14-21(26)33)22(34)15-32-23(35)25(27-24(32)36)11-9-18-5-2-3-8-20(18)25/h2-3,5,8,13,16-17H,4,6-7,9-12,14-15H2,1H3,(H2,26,33)(H,27,36)/t16?,25-/m0/s1. The van der Waals surface area contributed by atoms with Crippen molar-refractivity contribution in [3.05, 3.63) is 47.3 Å². The van der Waals surface area contributed by atoms with E-state index in [0.717, 1.165) is 35.3 Å². The molecule has 5 amide bonds. The minimum Gasteiger partial charge on any atom is -0.368 e. The van der Waals surface area contributed by atoms with Crippen LogP contribution in [0.2, 0.25) is 0 Å². The average Bonchev–Trinajstić information content (AvgIpc) is 3.46. The van der Waals surface area contributed by atoms with Gasteiger partial charge >= 0.3 is 6.03 Å². The van der Waals surface area contributed by atoms with E-state index in [-0.39, 0.29) is 30.9 Å². The third kappa shape index (κ3) is 4.22. The Balaban J connectivity index is 1.30. The van der Waals surface area contributed by atoms with E-state index in [4.69, 9.17) is 5.73 Å². The Labute approximate surface area is 209 Å². The zero-order valence-electron chi connectivity index (χ0n) is 20.4. The van der Waals surface area contributed by atoms with Crippen molar-refractivity contribution in [2.24, 2.45) is 11.7 Å². The molecule has 1 aliphatic heterocycles. The van der Waals surface area contributed by atoms with Crippen LogP contribution in [0.15, 0.2) is 30.5 Å². The van der Waals surface area contributed by atoms with Gasteiger partial charge in [0.2, 0.25) is 11.8 Å². The van der Waals surface area contributed by atoms with E-state index in [2.05, 4.69) is 15.6 Å². The first-order chi connectivity index (χ1) is 17.3. The lowest BCUT2D eigenvalue weighted by Crippen LogP contribution is -2.50. The summed E-state index contributed by atoms with van der Waals surface area (Å²) in [5.74, 6) is -0.768. The van der Waals surface area contributed by atoms with Crippen molar-refractivity contribution in [2.45, 2.75) is 63.6 Å². The Morgan fingerprint density at radius 1 is 1.25 bits per heavy atom. The number of fused-ring (bicyclic) bond motifs is 2. The third-order valence-corrected chi connectivity index (χ3v) is 7.87. The van der Waals surface area contributed by atoms with Crippen molar-refractivity contribution in [2.75, 3.05) is 13.1 Å². The number of carbonyl (C=O) groups is 4. The van der Waals surface area contributed by atoms with Gasteiger partial charge in [-0.1, -0.05) is 35.9 Å². The maximum atomic E-state index is 13.5. The van der Waals surface area contributed by atoms with Gasteiger partial charge in [-0.25, -0.2) is 9.48 Å². The summed E-state index contributed by atoms with van der Waals surface area (Å²) in [6.07, 6.45) is 6.48. The number of aryl methyl sites for hydroxylation is 1. The van der Waals surface area contributed by atoms with E-state index in [9.17, 15) is 19.2 Å². The third-order valence-electron chi connectivity index (χ3n) is 7.87. The molecule has 190 valence electrons. The SMILES string of the molecule is CC(C1CCC1)N(CCc1cn(CC(N)=O)nn1)C(=O)CN1C(=O)N[C@]2(CCc3ccccc32)C1=O. The summed E-state index contributed by atoms with van der Waals surface area (Å²) in [4.78, 5) is 53.9. The van der Waals surface area contributed by atoms with Crippen LogP contribution in [0.3, 0.4) is 0 Å². The molecular formula is C25H31N7O4. The number of benzene rings is 1. The van der Waals surface area contributed by atoms with Crippen LogP contribution in [-0.4, -0.2) is 67.7 Å². The van der Waals surface area contributed by atoms with E-state index >= 15 is 0 Å². The Hall–Kier alpha value is -3.76. The number of amides is 5. The van der Waals surface area contributed by atoms with Gasteiger partial charge in [-0.3, -0.25) is 19.3 Å². The molecule has 0 radical (unpaired) electrons. The highest BCUT2D eigenvalue weighted by atomic mass is 16.2. The number of nitrogens with zero attached hydrogens (tertiary/aromatic N) is 5. The number of aromatic nitrogens is 3. The van der Waals surface area contributed by atoms with Gasteiger partial charge in [0.25, 0.3) is 5.91 Å². The first kappa shape index (κ1) is 24.0. The summed E-state index contributed by atoms with van der Waals surface area (Å²) in [6, 6.07) is 7.07. The van der Waals surface area contributed by atoms with E-state index in [1.807, 2.05) is 31.2 Å². The molecule has 3 aliphatic rings. The fourth-order valence-corrected chi connectivity index (χ4v) is 5.62. The largest absolute Gasteiger partial charge is 0.368 e. The van der Waals surface area contributed by atoms with Gasteiger partial charge in [0, 0.05) is 25.2 Å². The van der Waals surface area contributed by atoms with Crippen LogP contribution < -0.4 is 11.1 Å². The van der Waals surface area contributed by atoms with Gasteiger partial charge in [-0.05, 0) is 49.7 Å². The summed E-state index contributed by atoms with van der Waals surface area (Å²) in [6.45, 7) is 2.01. The topological polar surface area (TPSA) is 144 Å². The number of primary amides is 1. The van der Waals surface area contributed by atoms with Crippen molar-refractivity contribution in [1.29, 1.82) is 0 Å². The van der Waals surface area contributed by atoms with Crippen molar-refractivity contribution < 1.29 is 19.2 Å². The molecule has 36 heavy (non-hydrogen) atoms. The molecule has 2 atom stereocenters. The summed E-state index contributed by atoms with van der Waals surface area (Å²) < 4.78 is 1.37. The van der Waals surface area contributed by atoms with Crippen molar-refractivity contribution in [3.63, 3.8) is 0 Å². The van der Waals surface area contributed by atoms with Gasteiger partial charge in [-0.15, -0.1) is 5.10 Å². The van der Waals surface area contributed by atoms with E-state index in [1.165, 1.54) is 4.68 Å². The Bertz CT molecular complexity index is 1210. The number of nitrogens with one attached hydrogen (secondary N) is 1. The first-order valence-electron chi connectivity index (χ1n) is 12.5. The quantitative estimate of drug-likeness (QED) is 0.493. The van der Waals surface area contributed by atoms with Crippen molar-refractivity contribution in [1.82, 2.24) is 30.1 Å². The molecule has 1 aromatic heterocycles. The summed E-state index contributed by atoms with van der Waals surface area (Å²) in [7, 11) is 0. The zero-order valence-corrected chi connectivity index (χ0v) is 20.4. The molecule has 1 saturated heterocycles. The molecule has 3 N–H and O–H groups in total. The van der Waals surface area contributed by atoms with Gasteiger partial charge in [-0.2, -0.15) is 0 Å². The number of urea groups is 1. The van der Waals surface area contributed by atoms with Crippen molar-refractivity contribution in [3.8, 4) is 0 Å². The van der Waals surface area contributed by atoms with Crippen LogP contribution in [0.1, 0.15) is 49.4 Å². The lowest BCUT2D eigenvalue weighted by molar-refractivity contribution is -0.141. The molecule has 2 fully saturated rings.